The first-order valence-electron chi connectivity index (χ1n) is 5.76. The van der Waals surface area contributed by atoms with Gasteiger partial charge in [0.1, 0.15) is 0 Å². The van der Waals surface area contributed by atoms with E-state index in [9.17, 15) is 0 Å². The van der Waals surface area contributed by atoms with E-state index in [1.165, 1.54) is 32.5 Å². The highest BCUT2D eigenvalue weighted by Gasteiger charge is 2.16. The van der Waals surface area contributed by atoms with Crippen LogP contribution in [-0.2, 0) is 0 Å². The van der Waals surface area contributed by atoms with Crippen LogP contribution < -0.4 is 0 Å². The largest absolute Gasteiger partial charge is 0.304 e. The van der Waals surface area contributed by atoms with Crippen LogP contribution in [0.15, 0.2) is 0 Å². The first kappa shape index (κ1) is 11.6. The Labute approximate surface area is 88.9 Å². The van der Waals surface area contributed by atoms with Crippen LogP contribution in [-0.4, -0.2) is 24.5 Å². The Bertz CT molecular complexity index is 218. The Morgan fingerprint density at radius 1 is 1.21 bits per heavy atom. The summed E-state index contributed by atoms with van der Waals surface area (Å²) < 4.78 is 0. The van der Waals surface area contributed by atoms with Crippen LogP contribution in [0.3, 0.4) is 0 Å². The Hall–Kier alpha value is -0.480. The fourth-order valence-electron chi connectivity index (χ4n) is 1.71. The minimum Gasteiger partial charge on any atom is -0.304 e. The average Bonchev–Trinajstić information content (AvgIpc) is 2.14. The van der Waals surface area contributed by atoms with Gasteiger partial charge >= 0.3 is 0 Å². The Morgan fingerprint density at radius 3 is 2.21 bits per heavy atom. The topological polar surface area (TPSA) is 3.24 Å². The minimum absolute atomic E-state index is 0.169. The lowest BCUT2D eigenvalue weighted by atomic mass is 9.93. The maximum absolute atomic E-state index is 3.43. The molecule has 0 unspecified atom stereocenters. The third-order valence-corrected chi connectivity index (χ3v) is 2.69. The van der Waals surface area contributed by atoms with E-state index in [2.05, 4.69) is 44.4 Å². The van der Waals surface area contributed by atoms with Crippen LogP contribution in [0.25, 0.3) is 0 Å². The molecule has 1 aliphatic rings. The molecular formula is C13H23N. The van der Waals surface area contributed by atoms with E-state index in [0.29, 0.717) is 5.92 Å². The van der Waals surface area contributed by atoms with Crippen molar-refractivity contribution in [1.82, 2.24) is 4.90 Å². The fraction of sp³-hybridized carbons (Fsp3) is 0.846. The summed E-state index contributed by atoms with van der Waals surface area (Å²) >= 11 is 0. The van der Waals surface area contributed by atoms with Gasteiger partial charge in [0.05, 0.1) is 0 Å². The zero-order valence-electron chi connectivity index (χ0n) is 10.1. The number of piperidine rings is 1. The summed E-state index contributed by atoms with van der Waals surface area (Å²) in [6, 6.07) is 0. The molecule has 0 N–H and O–H groups in total. The molecule has 0 aromatic rings. The van der Waals surface area contributed by atoms with Crippen molar-refractivity contribution in [2.24, 2.45) is 11.3 Å². The van der Waals surface area contributed by atoms with Gasteiger partial charge in [0.15, 0.2) is 0 Å². The molecule has 0 aromatic heterocycles. The molecule has 1 aliphatic heterocycles. The molecule has 0 saturated carbocycles. The van der Waals surface area contributed by atoms with E-state index in [1.807, 2.05) is 0 Å². The quantitative estimate of drug-likeness (QED) is 0.579. The summed E-state index contributed by atoms with van der Waals surface area (Å²) in [5.41, 5.74) is 0.169. The summed E-state index contributed by atoms with van der Waals surface area (Å²) in [7, 11) is 0. The second-order valence-corrected chi connectivity index (χ2v) is 5.23. The third-order valence-electron chi connectivity index (χ3n) is 2.69. The van der Waals surface area contributed by atoms with Crippen LogP contribution in [0.5, 0.6) is 0 Å². The average molecular weight is 193 g/mol. The number of likely N-dealkylation sites (tertiary alicyclic amines) is 1. The molecule has 0 radical (unpaired) electrons. The molecule has 0 spiro atoms. The van der Waals surface area contributed by atoms with Gasteiger partial charge in [0, 0.05) is 11.3 Å². The molecule has 1 rings (SSSR count). The first-order valence-corrected chi connectivity index (χ1v) is 5.76. The summed E-state index contributed by atoms with van der Waals surface area (Å²) in [4.78, 5) is 2.51. The molecule has 0 amide bonds. The molecule has 80 valence electrons. The van der Waals surface area contributed by atoms with E-state index in [4.69, 9.17) is 0 Å². The Morgan fingerprint density at radius 2 is 1.79 bits per heavy atom. The van der Waals surface area contributed by atoms with Crippen molar-refractivity contribution >= 4 is 0 Å². The monoisotopic (exact) mass is 193 g/mol. The molecule has 14 heavy (non-hydrogen) atoms. The van der Waals surface area contributed by atoms with Crippen LogP contribution >= 0.6 is 0 Å². The number of nitrogens with zero attached hydrogens (tertiary/aromatic N) is 1. The zero-order valence-corrected chi connectivity index (χ0v) is 10.1. The maximum Gasteiger partial charge on any atom is 0.0230 e. The maximum atomic E-state index is 3.43. The van der Waals surface area contributed by atoms with Gasteiger partial charge in [0.2, 0.25) is 0 Å². The van der Waals surface area contributed by atoms with Crippen molar-refractivity contribution in [2.75, 3.05) is 19.6 Å². The standard InChI is InChI=1S/C13H23N/c1-5-14-10-7-12(8-11-14)6-9-13(2,3)4/h12H,5,7-8,10-11H2,1-4H3. The molecule has 0 aromatic carbocycles. The minimum atomic E-state index is 0.169. The SMILES string of the molecule is CCN1CCC(C#CC(C)(C)C)CC1. The van der Waals surface area contributed by atoms with Gasteiger partial charge in [-0.2, -0.15) is 0 Å². The second kappa shape index (κ2) is 4.84. The summed E-state index contributed by atoms with van der Waals surface area (Å²) in [6.07, 6.45) is 2.52. The van der Waals surface area contributed by atoms with Crippen LogP contribution in [0, 0.1) is 23.2 Å². The smallest absolute Gasteiger partial charge is 0.0230 e. The number of hydrogen-bond donors (Lipinski definition) is 0. The van der Waals surface area contributed by atoms with Crippen molar-refractivity contribution < 1.29 is 0 Å². The van der Waals surface area contributed by atoms with E-state index in [0.717, 1.165) is 0 Å². The van der Waals surface area contributed by atoms with Gasteiger partial charge in [-0.05, 0) is 53.2 Å². The summed E-state index contributed by atoms with van der Waals surface area (Å²) in [5.74, 6) is 7.44. The highest BCUT2D eigenvalue weighted by Crippen LogP contribution is 2.17. The predicted octanol–water partition coefficient (Wildman–Crippen LogP) is 2.77. The summed E-state index contributed by atoms with van der Waals surface area (Å²) in [5, 5.41) is 0. The second-order valence-electron chi connectivity index (χ2n) is 5.23. The van der Waals surface area contributed by atoms with E-state index in [1.54, 1.807) is 0 Å². The van der Waals surface area contributed by atoms with Gasteiger partial charge in [-0.1, -0.05) is 18.8 Å². The molecule has 0 aliphatic carbocycles. The fourth-order valence-corrected chi connectivity index (χ4v) is 1.71. The van der Waals surface area contributed by atoms with Crippen LogP contribution in [0.2, 0.25) is 0 Å². The van der Waals surface area contributed by atoms with Crippen LogP contribution in [0.1, 0.15) is 40.5 Å². The van der Waals surface area contributed by atoms with Crippen molar-refractivity contribution in [1.29, 1.82) is 0 Å². The van der Waals surface area contributed by atoms with Crippen LogP contribution in [0.4, 0.5) is 0 Å². The molecule has 0 atom stereocenters. The first-order chi connectivity index (χ1) is 6.51. The lowest BCUT2D eigenvalue weighted by Gasteiger charge is -2.28. The molecule has 1 nitrogen and oxygen atoms in total. The summed E-state index contributed by atoms with van der Waals surface area (Å²) in [6.45, 7) is 12.4. The van der Waals surface area contributed by atoms with Gasteiger partial charge < -0.3 is 4.90 Å². The van der Waals surface area contributed by atoms with Crippen molar-refractivity contribution in [3.8, 4) is 11.8 Å². The highest BCUT2D eigenvalue weighted by molar-refractivity contribution is 5.10. The third kappa shape index (κ3) is 4.15. The Balaban J connectivity index is 2.38. The molecule has 1 heterocycles. The lowest BCUT2D eigenvalue weighted by Crippen LogP contribution is -2.33. The van der Waals surface area contributed by atoms with Gasteiger partial charge in [-0.3, -0.25) is 0 Å². The van der Waals surface area contributed by atoms with E-state index < -0.39 is 0 Å². The number of rotatable bonds is 1. The number of hydrogen-bond acceptors (Lipinski definition) is 1. The zero-order chi connectivity index (χ0) is 10.6. The predicted molar refractivity (Wildman–Crippen MR) is 62.1 cm³/mol. The van der Waals surface area contributed by atoms with Crippen molar-refractivity contribution in [3.05, 3.63) is 0 Å². The Kier molecular flexibility index (Phi) is 4.01. The highest BCUT2D eigenvalue weighted by atomic mass is 15.1. The molecule has 1 fully saturated rings. The van der Waals surface area contributed by atoms with Gasteiger partial charge in [0.25, 0.3) is 0 Å². The molecule has 0 bridgehead atoms. The van der Waals surface area contributed by atoms with Gasteiger partial charge in [-0.25, -0.2) is 0 Å². The molecule has 1 saturated heterocycles. The van der Waals surface area contributed by atoms with Gasteiger partial charge in [-0.15, -0.1) is 0 Å². The molecule has 1 heteroatoms. The van der Waals surface area contributed by atoms with Crippen molar-refractivity contribution in [2.45, 2.75) is 40.5 Å². The van der Waals surface area contributed by atoms with Crippen molar-refractivity contribution in [3.63, 3.8) is 0 Å². The lowest BCUT2D eigenvalue weighted by molar-refractivity contribution is 0.216. The van der Waals surface area contributed by atoms with E-state index in [-0.39, 0.29) is 5.41 Å². The molecular weight excluding hydrogens is 170 g/mol. The van der Waals surface area contributed by atoms with E-state index >= 15 is 0 Å². The normalized spacial score (nSPS) is 20.3.